The van der Waals surface area contributed by atoms with Gasteiger partial charge < -0.3 is 5.32 Å². The highest BCUT2D eigenvalue weighted by atomic mass is 15.1. The number of rotatable bonds is 8. The van der Waals surface area contributed by atoms with E-state index in [1.165, 1.54) is 0 Å². The van der Waals surface area contributed by atoms with Crippen LogP contribution in [0.2, 0.25) is 0 Å². The fourth-order valence-electron chi connectivity index (χ4n) is 7.88. The zero-order valence-corrected chi connectivity index (χ0v) is 32.4. The topological polar surface area (TPSA) is 86.8 Å². The Balaban J connectivity index is 1.07. The summed E-state index contributed by atoms with van der Waals surface area (Å²) in [5.74, 6) is 1.72. The molecule has 2 heterocycles. The Labute approximate surface area is 348 Å². The number of nitrogens with zero attached hydrogens (tertiary/aromatic N) is 5. The van der Waals surface area contributed by atoms with E-state index in [4.69, 9.17) is 19.9 Å². The third-order valence-corrected chi connectivity index (χ3v) is 10.8. The van der Waals surface area contributed by atoms with Gasteiger partial charge in [-0.3, -0.25) is 4.99 Å². The normalized spacial score (nSPS) is 13.1. The van der Waals surface area contributed by atoms with E-state index < -0.39 is 0 Å². The lowest BCUT2D eigenvalue weighted by Gasteiger charge is -2.26. The Morgan fingerprint density at radius 1 is 0.383 bits per heavy atom. The van der Waals surface area contributed by atoms with Gasteiger partial charge in [-0.25, -0.2) is 15.0 Å². The minimum atomic E-state index is -0.275. The SMILES string of the molecule is N#Cc1cccc(-c2cccc(-c3nc(-c4ccccc4)nc(-c4ccccc4-c4ccccc4-c4cccc(C5N=C(c6ccccc6)c6ccccc6N5)c4)n3)c2)c1. The largest absolute Gasteiger partial charge is 0.360 e. The van der Waals surface area contributed by atoms with Gasteiger partial charge in [0, 0.05) is 33.5 Å². The van der Waals surface area contributed by atoms with Crippen LogP contribution in [-0.2, 0) is 0 Å². The number of nitrogens with one attached hydrogen (secondary N) is 1. The van der Waals surface area contributed by atoms with Crippen LogP contribution >= 0.6 is 0 Å². The van der Waals surface area contributed by atoms with Gasteiger partial charge in [0.25, 0.3) is 0 Å². The van der Waals surface area contributed by atoms with Crippen LogP contribution in [0, 0.1) is 11.3 Å². The average molecular weight is 769 g/mol. The van der Waals surface area contributed by atoms with Gasteiger partial charge in [-0.05, 0) is 69.3 Å². The molecule has 0 spiro atoms. The summed E-state index contributed by atoms with van der Waals surface area (Å²) in [6.07, 6.45) is -0.275. The van der Waals surface area contributed by atoms with E-state index in [1.807, 2.05) is 84.9 Å². The fraction of sp³-hybridized carbons (Fsp3) is 0.0185. The van der Waals surface area contributed by atoms with E-state index in [1.54, 1.807) is 0 Å². The van der Waals surface area contributed by atoms with E-state index in [2.05, 4.69) is 133 Å². The molecule has 0 radical (unpaired) electrons. The van der Waals surface area contributed by atoms with Crippen LogP contribution in [0.4, 0.5) is 5.69 Å². The zero-order valence-electron chi connectivity index (χ0n) is 32.4. The summed E-state index contributed by atoms with van der Waals surface area (Å²) in [6, 6.07) is 72.3. The summed E-state index contributed by atoms with van der Waals surface area (Å²) in [4.78, 5) is 20.7. The van der Waals surface area contributed by atoms with Crippen LogP contribution in [-0.4, -0.2) is 20.7 Å². The number of aromatic nitrogens is 3. The van der Waals surface area contributed by atoms with Gasteiger partial charge in [0.05, 0.1) is 17.3 Å². The summed E-state index contributed by atoms with van der Waals surface area (Å²) in [7, 11) is 0. The molecule has 1 aliphatic heterocycles. The molecular formula is C54H36N6. The highest BCUT2D eigenvalue weighted by Gasteiger charge is 2.23. The number of fused-ring (bicyclic) bond motifs is 1. The summed E-state index contributed by atoms with van der Waals surface area (Å²) in [5, 5.41) is 13.3. The molecule has 1 aromatic heterocycles. The average Bonchev–Trinajstić information content (AvgIpc) is 3.34. The lowest BCUT2D eigenvalue weighted by molar-refractivity contribution is 0.828. The van der Waals surface area contributed by atoms with Crippen LogP contribution in [0.1, 0.15) is 28.4 Å². The molecule has 6 nitrogen and oxygen atoms in total. The second-order valence-electron chi connectivity index (χ2n) is 14.6. The molecule has 1 unspecified atom stereocenters. The first-order chi connectivity index (χ1) is 29.7. The quantitative estimate of drug-likeness (QED) is 0.166. The van der Waals surface area contributed by atoms with Crippen molar-refractivity contribution in [3.8, 4) is 73.6 Å². The minimum Gasteiger partial charge on any atom is -0.360 e. The summed E-state index contributed by atoms with van der Waals surface area (Å²) in [5.41, 5.74) is 14.7. The van der Waals surface area contributed by atoms with Crippen LogP contribution in [0.15, 0.2) is 211 Å². The Morgan fingerprint density at radius 2 is 0.900 bits per heavy atom. The van der Waals surface area contributed by atoms with E-state index >= 15 is 0 Å². The molecule has 8 aromatic carbocycles. The molecule has 0 aliphatic carbocycles. The maximum absolute atomic E-state index is 9.56. The fourth-order valence-corrected chi connectivity index (χ4v) is 7.88. The number of benzene rings is 8. The van der Waals surface area contributed by atoms with Crippen molar-refractivity contribution in [3.05, 3.63) is 229 Å². The third-order valence-electron chi connectivity index (χ3n) is 10.8. The van der Waals surface area contributed by atoms with Crippen molar-refractivity contribution in [2.45, 2.75) is 6.17 Å². The first-order valence-electron chi connectivity index (χ1n) is 19.9. The predicted molar refractivity (Wildman–Crippen MR) is 242 cm³/mol. The van der Waals surface area contributed by atoms with Crippen molar-refractivity contribution in [3.63, 3.8) is 0 Å². The van der Waals surface area contributed by atoms with Gasteiger partial charge in [0.2, 0.25) is 0 Å². The minimum absolute atomic E-state index is 0.275. The highest BCUT2D eigenvalue weighted by Crippen LogP contribution is 2.40. The van der Waals surface area contributed by atoms with E-state index in [9.17, 15) is 5.26 Å². The second-order valence-corrected chi connectivity index (χ2v) is 14.6. The first kappa shape index (κ1) is 36.1. The molecular weight excluding hydrogens is 733 g/mol. The Morgan fingerprint density at radius 3 is 1.65 bits per heavy atom. The molecule has 0 bridgehead atoms. The van der Waals surface area contributed by atoms with Crippen LogP contribution < -0.4 is 5.32 Å². The lowest BCUT2D eigenvalue weighted by Crippen LogP contribution is -2.20. The van der Waals surface area contributed by atoms with Crippen molar-refractivity contribution in [2.75, 3.05) is 5.32 Å². The van der Waals surface area contributed by atoms with Crippen molar-refractivity contribution >= 4 is 11.4 Å². The second kappa shape index (κ2) is 15.9. The van der Waals surface area contributed by atoms with Gasteiger partial charge >= 0.3 is 0 Å². The smallest absolute Gasteiger partial charge is 0.164 e. The number of para-hydroxylation sites is 1. The first-order valence-corrected chi connectivity index (χ1v) is 19.9. The summed E-state index contributed by atoms with van der Waals surface area (Å²) >= 11 is 0. The number of anilines is 1. The molecule has 0 saturated heterocycles. The van der Waals surface area contributed by atoms with Crippen molar-refractivity contribution < 1.29 is 0 Å². The standard InChI is InChI=1S/C54H36N6/c55-35-36-16-13-21-39(32-36)40-22-14-24-42(33-40)53-58-51(38-19-5-2-6-20-38)59-54(60-53)47-29-10-9-28-46(47)45-27-8-7-26-44(45)41-23-15-25-43(34-41)52-56-49-31-12-11-30-48(49)50(57-52)37-17-3-1-4-18-37/h1-34,52,56H. The molecule has 1 N–H and O–H groups in total. The maximum atomic E-state index is 9.56. The number of nitriles is 1. The van der Waals surface area contributed by atoms with Crippen molar-refractivity contribution in [1.82, 2.24) is 15.0 Å². The van der Waals surface area contributed by atoms with E-state index in [0.29, 0.717) is 23.0 Å². The number of hydrogen-bond donors (Lipinski definition) is 1. The Hall–Kier alpha value is -8.27. The molecule has 1 aliphatic rings. The molecule has 60 heavy (non-hydrogen) atoms. The van der Waals surface area contributed by atoms with Crippen LogP contribution in [0.3, 0.4) is 0 Å². The molecule has 6 heteroatoms. The van der Waals surface area contributed by atoms with Gasteiger partial charge in [-0.1, -0.05) is 176 Å². The molecule has 9 aromatic rings. The van der Waals surface area contributed by atoms with E-state index in [0.717, 1.165) is 78.2 Å². The Kier molecular flexibility index (Phi) is 9.59. The molecule has 0 fully saturated rings. The van der Waals surface area contributed by atoms with Gasteiger partial charge in [-0.2, -0.15) is 5.26 Å². The zero-order chi connectivity index (χ0) is 40.3. The molecule has 1 atom stereocenters. The monoisotopic (exact) mass is 768 g/mol. The molecule has 10 rings (SSSR count). The Bertz CT molecular complexity index is 3090. The van der Waals surface area contributed by atoms with Crippen LogP contribution in [0.25, 0.3) is 67.5 Å². The third kappa shape index (κ3) is 7.13. The van der Waals surface area contributed by atoms with Crippen LogP contribution in [0.5, 0.6) is 0 Å². The van der Waals surface area contributed by atoms with E-state index in [-0.39, 0.29) is 6.17 Å². The molecule has 0 saturated carbocycles. The lowest BCUT2D eigenvalue weighted by atomic mass is 9.90. The number of hydrogen-bond acceptors (Lipinski definition) is 6. The van der Waals surface area contributed by atoms with Crippen molar-refractivity contribution in [1.29, 1.82) is 5.26 Å². The van der Waals surface area contributed by atoms with Gasteiger partial charge in [-0.15, -0.1) is 0 Å². The predicted octanol–water partition coefficient (Wildman–Crippen LogP) is 12.7. The molecule has 282 valence electrons. The summed E-state index contributed by atoms with van der Waals surface area (Å²) in [6.45, 7) is 0. The molecule has 0 amide bonds. The number of aliphatic imine (C=N–C) groups is 1. The van der Waals surface area contributed by atoms with Gasteiger partial charge in [0.15, 0.2) is 17.5 Å². The maximum Gasteiger partial charge on any atom is 0.164 e. The van der Waals surface area contributed by atoms with Crippen molar-refractivity contribution in [2.24, 2.45) is 4.99 Å². The van der Waals surface area contributed by atoms with Gasteiger partial charge in [0.1, 0.15) is 6.17 Å². The summed E-state index contributed by atoms with van der Waals surface area (Å²) < 4.78 is 0. The highest BCUT2D eigenvalue weighted by molar-refractivity contribution is 6.17.